The molecule has 7 heteroatoms. The van der Waals surface area contributed by atoms with Gasteiger partial charge in [-0.25, -0.2) is 14.4 Å². The van der Waals surface area contributed by atoms with E-state index in [1.165, 1.54) is 6.92 Å². The van der Waals surface area contributed by atoms with Gasteiger partial charge in [-0.2, -0.15) is 0 Å². The predicted octanol–water partition coefficient (Wildman–Crippen LogP) is 0.169. The van der Waals surface area contributed by atoms with Crippen LogP contribution in [0.4, 0.5) is 0 Å². The minimum atomic E-state index is -3.04. The third kappa shape index (κ3) is 25.1. The number of rotatable bonds is 2. The molecule has 10 heavy (non-hydrogen) atoms. The summed E-state index contributed by atoms with van der Waals surface area (Å²) in [5, 5.41) is 23.1. The molecule has 0 aromatic carbocycles. The van der Waals surface area contributed by atoms with Crippen LogP contribution in [-0.4, -0.2) is 28.2 Å². The molecule has 0 saturated carbocycles. The van der Waals surface area contributed by atoms with Crippen molar-refractivity contribution in [1.29, 1.82) is 0 Å². The Balaban J connectivity index is -0.000000107. The highest BCUT2D eigenvalue weighted by Gasteiger charge is 1.83. The fraction of sp³-hybridized carbons (Fsp3) is 1.00. The van der Waals surface area contributed by atoms with E-state index in [1.54, 1.807) is 0 Å². The van der Waals surface area contributed by atoms with Gasteiger partial charge in [0.15, 0.2) is 0 Å². The lowest BCUT2D eigenvalue weighted by Gasteiger charge is -1.90. The fourth-order valence-corrected chi connectivity index (χ4v) is 0. The summed E-state index contributed by atoms with van der Waals surface area (Å²) in [4.78, 5) is 0. The third-order valence-corrected chi connectivity index (χ3v) is 0.464. The Morgan fingerprint density at radius 3 is 1.90 bits per heavy atom. The van der Waals surface area contributed by atoms with Gasteiger partial charge in [-0.05, 0) is 6.92 Å². The molecule has 0 aliphatic rings. The van der Waals surface area contributed by atoms with E-state index in [1.807, 2.05) is 0 Å². The molecule has 0 rings (SSSR count). The zero-order chi connectivity index (χ0) is 8.57. The molecule has 3 N–H and O–H groups in total. The molecule has 0 aliphatic heterocycles. The van der Waals surface area contributed by atoms with Crippen molar-refractivity contribution >= 4 is 7.91 Å². The first-order valence-corrected chi connectivity index (χ1v) is 3.39. The van der Waals surface area contributed by atoms with Gasteiger partial charge < -0.3 is 10.2 Å². The lowest BCUT2D eigenvalue weighted by molar-refractivity contribution is -0.132. The molecule has 1 unspecified atom stereocenters. The molecule has 6 nitrogen and oxygen atoms in total. The van der Waals surface area contributed by atoms with Crippen LogP contribution in [0.2, 0.25) is 0 Å². The topological polar surface area (TPSA) is 104 Å². The summed E-state index contributed by atoms with van der Waals surface area (Å²) in [6.45, 7) is 1.39. The molecule has 0 bridgehead atoms. The maximum Gasteiger partial charge on any atom is 0.496 e. The highest BCUT2D eigenvalue weighted by atomic mass is 31.1. The number of hydrogen-bond acceptors (Lipinski definition) is 6. The maximum absolute atomic E-state index is 8.93. The molecular weight excluding hydrogens is 163 g/mol. The summed E-state index contributed by atoms with van der Waals surface area (Å²) in [5.74, 6) is 0. The minimum Gasteiger partial charge on any atom is -0.394 e. The zero-order valence-corrected chi connectivity index (χ0v) is 6.19. The van der Waals surface area contributed by atoms with Crippen molar-refractivity contribution in [2.24, 2.45) is 0 Å². The molecule has 0 aromatic rings. The van der Waals surface area contributed by atoms with Crippen molar-refractivity contribution in [3.8, 4) is 0 Å². The average molecular weight is 174 g/mol. The van der Waals surface area contributed by atoms with E-state index in [9.17, 15) is 0 Å². The van der Waals surface area contributed by atoms with Gasteiger partial charge >= 0.3 is 7.91 Å². The molecule has 0 fully saturated rings. The van der Waals surface area contributed by atoms with Crippen LogP contribution >= 0.6 is 7.91 Å². The summed E-state index contributed by atoms with van der Waals surface area (Å²) < 4.78 is 20.6. The van der Waals surface area contributed by atoms with E-state index in [2.05, 4.69) is 4.67 Å². The molecule has 0 aromatic heterocycles. The van der Waals surface area contributed by atoms with Crippen LogP contribution in [0.1, 0.15) is 8.35 Å². The molecule has 0 heterocycles. The summed E-state index contributed by atoms with van der Waals surface area (Å²) in [5.41, 5.74) is 0. The van der Waals surface area contributed by atoms with E-state index < -0.39 is 14.0 Å². The summed E-state index contributed by atoms with van der Waals surface area (Å²) in [6.07, 6.45) is -0.560. The second kappa shape index (κ2) is 8.74. The van der Waals surface area contributed by atoms with Gasteiger partial charge in [0, 0.05) is 1.43 Å². The second-order valence-corrected chi connectivity index (χ2v) is 1.95. The van der Waals surface area contributed by atoms with E-state index in [-0.39, 0.29) is 8.03 Å². The van der Waals surface area contributed by atoms with Crippen molar-refractivity contribution in [2.45, 2.75) is 13.0 Å². The Morgan fingerprint density at radius 1 is 1.70 bits per heavy atom. The summed E-state index contributed by atoms with van der Waals surface area (Å²) in [7, 11) is -3.04. The Hall–Kier alpha value is -0.260. The number of hydrogen-bond donors (Lipinski definition) is 3. The lowest BCUT2D eigenvalue weighted by atomic mass is 10.5. The molecule has 0 spiro atoms. The first kappa shape index (κ1) is 12.4. The van der Waals surface area contributed by atoms with E-state index in [0.717, 1.165) is 0 Å². The average Bonchev–Trinajstić information content (AvgIpc) is 1.89. The van der Waals surface area contributed by atoms with Crippen molar-refractivity contribution in [3.63, 3.8) is 0 Å². The summed E-state index contributed by atoms with van der Waals surface area (Å²) in [6, 6.07) is 0. The van der Waals surface area contributed by atoms with E-state index in [4.69, 9.17) is 24.6 Å². The standard InChI is InChI=1S/C3H8O2.HO4P.H2/c1-3(5)2-4;1-4-5(2)3;/h3-5H,2H2,1H3;1H;1H. The SMILES string of the molecule is CC(O)CO.O=P(=O)OO.[HH]. The smallest absolute Gasteiger partial charge is 0.394 e. The molecule has 1 atom stereocenters. The largest absolute Gasteiger partial charge is 0.496 e. The lowest BCUT2D eigenvalue weighted by Crippen LogP contribution is -2.03. The Labute approximate surface area is 59.4 Å². The normalized spacial score (nSPS) is 11.2. The van der Waals surface area contributed by atoms with Gasteiger partial charge in [0.25, 0.3) is 0 Å². The quantitative estimate of drug-likeness (QED) is 0.313. The highest BCUT2D eigenvalue weighted by Crippen LogP contribution is 1.97. The van der Waals surface area contributed by atoms with Crippen LogP contribution in [0.3, 0.4) is 0 Å². The fourth-order valence-electron chi connectivity index (χ4n) is 0. The second-order valence-electron chi connectivity index (χ2n) is 1.34. The van der Waals surface area contributed by atoms with Gasteiger partial charge in [0.2, 0.25) is 0 Å². The van der Waals surface area contributed by atoms with Crippen LogP contribution in [-0.2, 0) is 13.8 Å². The molecule has 64 valence electrons. The third-order valence-electron chi connectivity index (χ3n) is 0.331. The Kier molecular flexibility index (Phi) is 10.9. The summed E-state index contributed by atoms with van der Waals surface area (Å²) >= 11 is 0. The molecule has 0 amide bonds. The first-order valence-electron chi connectivity index (χ1n) is 2.29. The number of aliphatic hydroxyl groups excluding tert-OH is 2. The zero-order valence-electron chi connectivity index (χ0n) is 5.30. The minimum absolute atomic E-state index is 0. The monoisotopic (exact) mass is 174 g/mol. The maximum atomic E-state index is 8.93. The Bertz CT molecular complexity index is 115. The van der Waals surface area contributed by atoms with E-state index in [0.29, 0.717) is 0 Å². The Morgan fingerprint density at radius 2 is 1.90 bits per heavy atom. The van der Waals surface area contributed by atoms with Gasteiger partial charge in [0.1, 0.15) is 0 Å². The molecule has 0 saturated heterocycles. The van der Waals surface area contributed by atoms with E-state index >= 15 is 0 Å². The van der Waals surface area contributed by atoms with Crippen molar-refractivity contribution in [1.82, 2.24) is 0 Å². The van der Waals surface area contributed by atoms with Crippen molar-refractivity contribution in [3.05, 3.63) is 0 Å². The number of aliphatic hydroxyl groups is 2. The van der Waals surface area contributed by atoms with Crippen LogP contribution in [0.25, 0.3) is 0 Å². The molecule has 0 radical (unpaired) electrons. The predicted molar refractivity (Wildman–Crippen MR) is 32.9 cm³/mol. The molecular formula is C3H11O6P. The highest BCUT2D eigenvalue weighted by molar-refractivity contribution is 7.24. The van der Waals surface area contributed by atoms with Crippen molar-refractivity contribution in [2.75, 3.05) is 6.61 Å². The van der Waals surface area contributed by atoms with Gasteiger partial charge in [-0.15, -0.1) is 4.67 Å². The van der Waals surface area contributed by atoms with Crippen LogP contribution in [0, 0.1) is 0 Å². The van der Waals surface area contributed by atoms with Crippen LogP contribution in [0.15, 0.2) is 0 Å². The van der Waals surface area contributed by atoms with Crippen LogP contribution < -0.4 is 0 Å². The van der Waals surface area contributed by atoms with Gasteiger partial charge in [-0.1, -0.05) is 0 Å². The molecule has 0 aliphatic carbocycles. The van der Waals surface area contributed by atoms with Crippen LogP contribution in [0.5, 0.6) is 0 Å². The first-order chi connectivity index (χ1) is 4.54. The van der Waals surface area contributed by atoms with Gasteiger partial charge in [0.05, 0.1) is 12.7 Å². The van der Waals surface area contributed by atoms with Gasteiger partial charge in [-0.3, -0.25) is 0 Å². The van der Waals surface area contributed by atoms with Crippen molar-refractivity contribution < 1.29 is 30.7 Å².